The van der Waals surface area contributed by atoms with Crippen molar-refractivity contribution in [2.45, 2.75) is 20.4 Å². The Hall–Kier alpha value is -3.54. The van der Waals surface area contributed by atoms with Crippen LogP contribution >= 0.6 is 0 Å². The Morgan fingerprint density at radius 2 is 1.93 bits per heavy atom. The number of hydrogen-bond acceptors (Lipinski definition) is 5. The molecule has 0 spiro atoms. The highest BCUT2D eigenvalue weighted by atomic mass is 16.7. The zero-order valence-corrected chi connectivity index (χ0v) is 15.8. The molecule has 0 atom stereocenters. The predicted molar refractivity (Wildman–Crippen MR) is 107 cm³/mol. The van der Waals surface area contributed by atoms with E-state index in [1.165, 1.54) is 5.56 Å². The Bertz CT molecular complexity index is 1030. The maximum absolute atomic E-state index is 12.6. The number of carbonyl (C=O) groups excluding carboxylic acids is 1. The van der Waals surface area contributed by atoms with Crippen molar-refractivity contribution >= 4 is 17.4 Å². The fourth-order valence-corrected chi connectivity index (χ4v) is 3.00. The number of aromatic nitrogens is 1. The van der Waals surface area contributed by atoms with Crippen LogP contribution in [0.3, 0.4) is 0 Å². The summed E-state index contributed by atoms with van der Waals surface area (Å²) in [6.07, 6.45) is 1.63. The molecule has 0 radical (unpaired) electrons. The van der Waals surface area contributed by atoms with Crippen molar-refractivity contribution in [2.75, 3.05) is 12.1 Å². The Balaban J connectivity index is 1.43. The Labute approximate surface area is 163 Å². The van der Waals surface area contributed by atoms with Gasteiger partial charge in [0.05, 0.1) is 0 Å². The van der Waals surface area contributed by atoms with E-state index in [0.29, 0.717) is 23.7 Å². The molecule has 0 aliphatic carbocycles. The van der Waals surface area contributed by atoms with Crippen molar-refractivity contribution < 1.29 is 14.3 Å². The first-order valence-electron chi connectivity index (χ1n) is 9.06. The second-order valence-corrected chi connectivity index (χ2v) is 6.67. The molecule has 2 heterocycles. The second-order valence-electron chi connectivity index (χ2n) is 6.67. The molecule has 1 aliphatic rings. The summed E-state index contributed by atoms with van der Waals surface area (Å²) in [5.41, 5.74) is 4.82. The summed E-state index contributed by atoms with van der Waals surface area (Å²) in [6, 6.07) is 15.1. The first-order valence-corrected chi connectivity index (χ1v) is 9.06. The van der Waals surface area contributed by atoms with Gasteiger partial charge in [0.25, 0.3) is 5.91 Å². The van der Waals surface area contributed by atoms with Crippen molar-refractivity contribution in [3.63, 3.8) is 0 Å². The third-order valence-electron chi connectivity index (χ3n) is 4.78. The zero-order valence-electron chi connectivity index (χ0n) is 15.8. The SMILES string of the molecule is Cc1cccc(Nc2cc(C(=O)NCc3ccc4c(c3)OCO4)ccn2)c1C. The topological polar surface area (TPSA) is 72.5 Å². The van der Waals surface area contributed by atoms with Crippen LogP contribution in [-0.2, 0) is 6.54 Å². The fourth-order valence-electron chi connectivity index (χ4n) is 3.00. The van der Waals surface area contributed by atoms with E-state index in [2.05, 4.69) is 35.5 Å². The van der Waals surface area contributed by atoms with E-state index in [1.807, 2.05) is 30.3 Å². The number of anilines is 2. The van der Waals surface area contributed by atoms with Crippen molar-refractivity contribution in [3.05, 3.63) is 77.0 Å². The van der Waals surface area contributed by atoms with E-state index in [0.717, 1.165) is 22.6 Å². The summed E-state index contributed by atoms with van der Waals surface area (Å²) < 4.78 is 10.7. The third kappa shape index (κ3) is 3.76. The highest BCUT2D eigenvalue weighted by Crippen LogP contribution is 2.32. The summed E-state index contributed by atoms with van der Waals surface area (Å²) in [5.74, 6) is 1.90. The molecule has 0 bridgehead atoms. The molecule has 2 N–H and O–H groups in total. The fraction of sp³-hybridized carbons (Fsp3) is 0.182. The Morgan fingerprint density at radius 1 is 1.07 bits per heavy atom. The van der Waals surface area contributed by atoms with Gasteiger partial charge in [-0.05, 0) is 60.9 Å². The second kappa shape index (κ2) is 7.60. The van der Waals surface area contributed by atoms with Gasteiger partial charge in [0.2, 0.25) is 6.79 Å². The maximum atomic E-state index is 12.6. The van der Waals surface area contributed by atoms with E-state index in [1.54, 1.807) is 18.3 Å². The van der Waals surface area contributed by atoms with Crippen molar-refractivity contribution in [3.8, 4) is 11.5 Å². The lowest BCUT2D eigenvalue weighted by Gasteiger charge is -2.12. The van der Waals surface area contributed by atoms with Crippen molar-refractivity contribution in [1.82, 2.24) is 10.3 Å². The van der Waals surface area contributed by atoms with E-state index in [-0.39, 0.29) is 12.7 Å². The molecule has 6 nitrogen and oxygen atoms in total. The van der Waals surface area contributed by atoms with Gasteiger partial charge in [0.1, 0.15) is 5.82 Å². The van der Waals surface area contributed by atoms with Gasteiger partial charge >= 0.3 is 0 Å². The number of ether oxygens (including phenoxy) is 2. The molecule has 28 heavy (non-hydrogen) atoms. The highest BCUT2D eigenvalue weighted by Gasteiger charge is 2.14. The van der Waals surface area contributed by atoms with Crippen LogP contribution in [0.2, 0.25) is 0 Å². The van der Waals surface area contributed by atoms with E-state index in [4.69, 9.17) is 9.47 Å². The molecule has 6 heteroatoms. The van der Waals surface area contributed by atoms with Gasteiger partial charge < -0.3 is 20.1 Å². The largest absolute Gasteiger partial charge is 0.454 e. The molecule has 1 amide bonds. The molecule has 0 unspecified atom stereocenters. The Kier molecular flexibility index (Phi) is 4.85. The number of hydrogen-bond donors (Lipinski definition) is 2. The number of amides is 1. The number of benzene rings is 2. The average Bonchev–Trinajstić information content (AvgIpc) is 3.18. The highest BCUT2D eigenvalue weighted by molar-refractivity contribution is 5.94. The van der Waals surface area contributed by atoms with Gasteiger partial charge in [-0.2, -0.15) is 0 Å². The monoisotopic (exact) mass is 375 g/mol. The molecule has 0 fully saturated rings. The van der Waals surface area contributed by atoms with Gasteiger partial charge in [-0.25, -0.2) is 4.98 Å². The molecular weight excluding hydrogens is 354 g/mol. The summed E-state index contributed by atoms with van der Waals surface area (Å²) in [7, 11) is 0. The average molecular weight is 375 g/mol. The van der Waals surface area contributed by atoms with Crippen molar-refractivity contribution in [2.24, 2.45) is 0 Å². The van der Waals surface area contributed by atoms with Crippen LogP contribution in [0.5, 0.6) is 11.5 Å². The van der Waals surface area contributed by atoms with Gasteiger partial charge in [-0.3, -0.25) is 4.79 Å². The van der Waals surface area contributed by atoms with E-state index in [9.17, 15) is 4.79 Å². The van der Waals surface area contributed by atoms with Crippen LogP contribution < -0.4 is 20.1 Å². The van der Waals surface area contributed by atoms with Crippen LogP contribution in [0.25, 0.3) is 0 Å². The minimum absolute atomic E-state index is 0.163. The minimum atomic E-state index is -0.163. The summed E-state index contributed by atoms with van der Waals surface area (Å²) >= 11 is 0. The summed E-state index contributed by atoms with van der Waals surface area (Å²) in [4.78, 5) is 16.9. The summed E-state index contributed by atoms with van der Waals surface area (Å²) in [5, 5.41) is 6.22. The third-order valence-corrected chi connectivity index (χ3v) is 4.78. The number of carbonyl (C=O) groups is 1. The Morgan fingerprint density at radius 3 is 2.82 bits per heavy atom. The molecule has 0 saturated carbocycles. The van der Waals surface area contributed by atoms with Crippen molar-refractivity contribution in [1.29, 1.82) is 0 Å². The van der Waals surface area contributed by atoms with Crippen LogP contribution in [0.4, 0.5) is 11.5 Å². The predicted octanol–water partition coefficient (Wildman–Crippen LogP) is 4.10. The lowest BCUT2D eigenvalue weighted by molar-refractivity contribution is 0.0950. The molecule has 4 rings (SSSR count). The zero-order chi connectivity index (χ0) is 19.5. The van der Waals surface area contributed by atoms with Crippen LogP contribution in [0.15, 0.2) is 54.7 Å². The smallest absolute Gasteiger partial charge is 0.251 e. The molecule has 3 aromatic rings. The van der Waals surface area contributed by atoms with Gasteiger partial charge in [-0.15, -0.1) is 0 Å². The number of pyridine rings is 1. The molecule has 1 aliphatic heterocycles. The van der Waals surface area contributed by atoms with Gasteiger partial charge in [0.15, 0.2) is 11.5 Å². The molecular formula is C22H21N3O3. The van der Waals surface area contributed by atoms with Gasteiger partial charge in [-0.1, -0.05) is 18.2 Å². The maximum Gasteiger partial charge on any atom is 0.251 e. The minimum Gasteiger partial charge on any atom is -0.454 e. The van der Waals surface area contributed by atoms with Crippen LogP contribution in [-0.4, -0.2) is 17.7 Å². The van der Waals surface area contributed by atoms with Crippen LogP contribution in [0.1, 0.15) is 27.0 Å². The number of nitrogens with one attached hydrogen (secondary N) is 2. The molecule has 1 aromatic heterocycles. The first kappa shape index (κ1) is 17.9. The molecule has 2 aromatic carbocycles. The van der Waals surface area contributed by atoms with Crippen LogP contribution in [0, 0.1) is 13.8 Å². The van der Waals surface area contributed by atoms with E-state index >= 15 is 0 Å². The number of rotatable bonds is 5. The number of aryl methyl sites for hydroxylation is 1. The number of nitrogens with zero attached hydrogens (tertiary/aromatic N) is 1. The number of fused-ring (bicyclic) bond motifs is 1. The quantitative estimate of drug-likeness (QED) is 0.702. The molecule has 0 saturated heterocycles. The van der Waals surface area contributed by atoms with Gasteiger partial charge in [0, 0.05) is 24.0 Å². The summed E-state index contributed by atoms with van der Waals surface area (Å²) in [6.45, 7) is 4.75. The molecule has 142 valence electrons. The lowest BCUT2D eigenvalue weighted by Crippen LogP contribution is -2.22. The standard InChI is InChI=1S/C22H21N3O3/c1-14-4-3-5-18(15(14)2)25-21-11-17(8-9-23-21)22(26)24-12-16-6-7-19-20(10-16)28-13-27-19/h3-11H,12-13H2,1-2H3,(H,23,25)(H,24,26). The first-order chi connectivity index (χ1) is 13.6. The normalized spacial score (nSPS) is 11.9. The lowest BCUT2D eigenvalue weighted by atomic mass is 10.1. The van der Waals surface area contributed by atoms with E-state index < -0.39 is 0 Å².